The summed E-state index contributed by atoms with van der Waals surface area (Å²) < 4.78 is 0. The first-order chi connectivity index (χ1) is 18.4. The van der Waals surface area contributed by atoms with Gasteiger partial charge in [-0.1, -0.05) is 84.4 Å². The van der Waals surface area contributed by atoms with Crippen LogP contribution in [-0.4, -0.2) is 70.0 Å². The maximum absolute atomic E-state index is 13.9. The Hall–Kier alpha value is -3.88. The second kappa shape index (κ2) is 11.2. The lowest BCUT2D eigenvalue weighted by molar-refractivity contribution is -0.187. The number of rotatable bonds is 6. The summed E-state index contributed by atoms with van der Waals surface area (Å²) >= 11 is 6.21. The van der Waals surface area contributed by atoms with E-state index in [1.54, 1.807) is 32.9 Å². The molecule has 2 heterocycles. The Bertz CT molecular complexity index is 1310. The van der Waals surface area contributed by atoms with Gasteiger partial charge in [0.05, 0.1) is 13.1 Å². The number of fused-ring (bicyclic) bond motifs is 1. The van der Waals surface area contributed by atoms with E-state index in [-0.39, 0.29) is 30.9 Å². The number of amides is 4. The molecule has 3 aromatic rings. The summed E-state index contributed by atoms with van der Waals surface area (Å²) in [7, 11) is 1.72. The molecule has 3 aromatic carbocycles. The predicted octanol–water partition coefficient (Wildman–Crippen LogP) is 3.52. The van der Waals surface area contributed by atoms with Gasteiger partial charge in [0.2, 0.25) is 11.8 Å². The van der Waals surface area contributed by atoms with Gasteiger partial charge < -0.3 is 15.1 Å². The second-order valence-corrected chi connectivity index (χ2v) is 10.1. The molecular weight excluding hydrogens is 502 g/mol. The molecule has 1 N–H and O–H groups in total. The van der Waals surface area contributed by atoms with E-state index in [0.29, 0.717) is 24.5 Å². The molecular formula is C29H30ClN5O3. The Labute approximate surface area is 227 Å². The van der Waals surface area contributed by atoms with Gasteiger partial charge in [-0.25, -0.2) is 14.8 Å². The first kappa shape index (κ1) is 25.8. The number of piperazine rings is 1. The van der Waals surface area contributed by atoms with Crippen LogP contribution in [0.1, 0.15) is 16.7 Å². The number of carbonyl (C=O) groups is 3. The third kappa shape index (κ3) is 5.51. The number of hydrazine groups is 1. The molecule has 5 rings (SSSR count). The molecule has 2 fully saturated rings. The standard InChI is InChI=1S/C29H30ClN5O3/c1-32-20-27(36)34-25(16-21-9-4-2-5-10-21)28(37)33(18-23-13-8-14-24(30)15-23)19-26(34)35(32)29(38)31-17-22-11-6-3-7-12-22/h2-15,25-26H,16-20H2,1H3,(H,31,38). The molecule has 2 atom stereocenters. The molecule has 8 nitrogen and oxygen atoms in total. The smallest absolute Gasteiger partial charge is 0.333 e. The van der Waals surface area contributed by atoms with Crippen molar-refractivity contribution in [1.29, 1.82) is 0 Å². The number of benzene rings is 3. The Balaban J connectivity index is 1.45. The Morgan fingerprint density at radius 3 is 2.26 bits per heavy atom. The topological polar surface area (TPSA) is 76.2 Å². The van der Waals surface area contributed by atoms with Crippen LogP contribution < -0.4 is 5.32 Å². The van der Waals surface area contributed by atoms with E-state index in [1.807, 2.05) is 78.9 Å². The van der Waals surface area contributed by atoms with E-state index in [1.165, 1.54) is 0 Å². The van der Waals surface area contributed by atoms with Crippen LogP contribution in [0.5, 0.6) is 0 Å². The first-order valence-electron chi connectivity index (χ1n) is 12.6. The monoisotopic (exact) mass is 531 g/mol. The van der Waals surface area contributed by atoms with E-state index >= 15 is 0 Å². The zero-order valence-corrected chi connectivity index (χ0v) is 21.9. The van der Waals surface area contributed by atoms with Gasteiger partial charge in [0.15, 0.2) is 0 Å². The maximum atomic E-state index is 13.9. The minimum atomic E-state index is -0.735. The van der Waals surface area contributed by atoms with Crippen LogP contribution in [0.15, 0.2) is 84.9 Å². The van der Waals surface area contributed by atoms with E-state index < -0.39 is 12.2 Å². The first-order valence-corrected chi connectivity index (χ1v) is 13.0. The summed E-state index contributed by atoms with van der Waals surface area (Å²) in [6.07, 6.45) is -0.292. The zero-order chi connectivity index (χ0) is 26.6. The van der Waals surface area contributed by atoms with Gasteiger partial charge in [-0.05, 0) is 28.8 Å². The van der Waals surface area contributed by atoms with E-state index in [2.05, 4.69) is 5.32 Å². The van der Waals surface area contributed by atoms with Crippen molar-refractivity contribution in [2.75, 3.05) is 20.1 Å². The van der Waals surface area contributed by atoms with Crippen LogP contribution >= 0.6 is 11.6 Å². The summed E-state index contributed by atoms with van der Waals surface area (Å²) in [6, 6.07) is 25.6. The van der Waals surface area contributed by atoms with Crippen LogP contribution in [0.4, 0.5) is 4.79 Å². The van der Waals surface area contributed by atoms with Gasteiger partial charge in [0.25, 0.3) is 0 Å². The summed E-state index contributed by atoms with van der Waals surface area (Å²) in [5.74, 6) is -0.325. The predicted molar refractivity (Wildman–Crippen MR) is 145 cm³/mol. The van der Waals surface area contributed by atoms with Crippen molar-refractivity contribution in [3.8, 4) is 0 Å². The average molecular weight is 532 g/mol. The van der Waals surface area contributed by atoms with Gasteiger partial charge >= 0.3 is 6.03 Å². The molecule has 2 aliphatic heterocycles. The number of hydrogen-bond acceptors (Lipinski definition) is 4. The third-order valence-corrected chi connectivity index (χ3v) is 7.20. The molecule has 0 saturated carbocycles. The van der Waals surface area contributed by atoms with Crippen LogP contribution in [0.2, 0.25) is 5.02 Å². The highest BCUT2D eigenvalue weighted by Gasteiger charge is 2.50. The van der Waals surface area contributed by atoms with Crippen molar-refractivity contribution in [1.82, 2.24) is 25.1 Å². The van der Waals surface area contributed by atoms with Crippen molar-refractivity contribution in [2.45, 2.75) is 31.7 Å². The summed E-state index contributed by atoms with van der Waals surface area (Å²) in [5.41, 5.74) is 2.80. The van der Waals surface area contributed by atoms with Gasteiger partial charge in [0.1, 0.15) is 12.2 Å². The molecule has 2 aliphatic rings. The average Bonchev–Trinajstić information content (AvgIpc) is 2.91. The van der Waals surface area contributed by atoms with Crippen molar-refractivity contribution >= 4 is 29.4 Å². The quantitative estimate of drug-likeness (QED) is 0.528. The van der Waals surface area contributed by atoms with E-state index in [4.69, 9.17) is 11.6 Å². The van der Waals surface area contributed by atoms with Gasteiger partial charge in [-0.3, -0.25) is 9.59 Å². The number of nitrogens with one attached hydrogen (secondary N) is 1. The molecule has 196 valence electrons. The van der Waals surface area contributed by atoms with Crippen LogP contribution in [-0.2, 0) is 29.1 Å². The van der Waals surface area contributed by atoms with Crippen LogP contribution in [0.3, 0.4) is 0 Å². The lowest BCUT2D eigenvalue weighted by atomic mass is 9.98. The van der Waals surface area contributed by atoms with Crippen LogP contribution in [0, 0.1) is 0 Å². The molecule has 4 amide bonds. The Morgan fingerprint density at radius 1 is 0.921 bits per heavy atom. The summed E-state index contributed by atoms with van der Waals surface area (Å²) in [6.45, 7) is 0.864. The minimum Gasteiger partial charge on any atom is -0.333 e. The van der Waals surface area contributed by atoms with Crippen molar-refractivity contribution < 1.29 is 14.4 Å². The normalized spacial score (nSPS) is 19.9. The molecule has 0 aliphatic carbocycles. The molecule has 0 aromatic heterocycles. The Morgan fingerprint density at radius 2 is 1.58 bits per heavy atom. The number of hydrogen-bond donors (Lipinski definition) is 1. The molecule has 2 unspecified atom stereocenters. The van der Waals surface area contributed by atoms with E-state index in [9.17, 15) is 14.4 Å². The second-order valence-electron chi connectivity index (χ2n) is 9.64. The van der Waals surface area contributed by atoms with Gasteiger partial charge in [-0.15, -0.1) is 0 Å². The van der Waals surface area contributed by atoms with Gasteiger partial charge in [0, 0.05) is 31.6 Å². The molecule has 38 heavy (non-hydrogen) atoms. The fourth-order valence-electron chi connectivity index (χ4n) is 5.19. The highest BCUT2D eigenvalue weighted by atomic mass is 35.5. The molecule has 9 heteroatoms. The van der Waals surface area contributed by atoms with Crippen LogP contribution in [0.25, 0.3) is 0 Å². The number of urea groups is 1. The number of carbonyl (C=O) groups excluding carboxylic acids is 3. The minimum absolute atomic E-state index is 0.00210. The highest BCUT2D eigenvalue weighted by molar-refractivity contribution is 6.30. The number of likely N-dealkylation sites (N-methyl/N-ethyl adjacent to an activating group) is 1. The Kier molecular flexibility index (Phi) is 7.62. The fourth-order valence-corrected chi connectivity index (χ4v) is 5.41. The number of nitrogens with zero attached hydrogens (tertiary/aromatic N) is 4. The fraction of sp³-hybridized carbons (Fsp3) is 0.276. The lowest BCUT2D eigenvalue weighted by Crippen LogP contribution is -2.76. The van der Waals surface area contributed by atoms with Gasteiger partial charge in [-0.2, -0.15) is 0 Å². The molecule has 0 bridgehead atoms. The molecule has 2 saturated heterocycles. The summed E-state index contributed by atoms with van der Waals surface area (Å²) in [5, 5.41) is 6.77. The molecule has 0 spiro atoms. The third-order valence-electron chi connectivity index (χ3n) is 6.97. The SMILES string of the molecule is CN1CC(=O)N2C(Cc3ccccc3)C(=O)N(Cc3cccc(Cl)c3)CC2N1C(=O)NCc1ccccc1. The van der Waals surface area contributed by atoms with Crippen molar-refractivity contribution in [2.24, 2.45) is 0 Å². The zero-order valence-electron chi connectivity index (χ0n) is 21.2. The highest BCUT2D eigenvalue weighted by Crippen LogP contribution is 2.29. The molecule has 0 radical (unpaired) electrons. The van der Waals surface area contributed by atoms with E-state index in [0.717, 1.165) is 16.7 Å². The largest absolute Gasteiger partial charge is 0.334 e. The lowest BCUT2D eigenvalue weighted by Gasteiger charge is -2.54. The van der Waals surface area contributed by atoms with Crippen molar-refractivity contribution in [3.05, 3.63) is 107 Å². The number of halogens is 1. The summed E-state index contributed by atoms with van der Waals surface area (Å²) in [4.78, 5) is 44.1. The van der Waals surface area contributed by atoms with Crippen molar-refractivity contribution in [3.63, 3.8) is 0 Å². The maximum Gasteiger partial charge on any atom is 0.334 e.